The molecule has 100 valence electrons. The molecule has 0 saturated carbocycles. The molecule has 1 unspecified atom stereocenters. The highest BCUT2D eigenvalue weighted by Crippen LogP contribution is 2.21. The Bertz CT molecular complexity index is 410. The van der Waals surface area contributed by atoms with E-state index in [1.807, 2.05) is 6.92 Å². The molecular formula is C10H17N5O3. The van der Waals surface area contributed by atoms with E-state index in [1.54, 1.807) is 6.92 Å². The van der Waals surface area contributed by atoms with Crippen LogP contribution in [0.1, 0.15) is 20.3 Å². The lowest BCUT2D eigenvalue weighted by atomic mass is 10.4. The summed E-state index contributed by atoms with van der Waals surface area (Å²) in [6, 6.07) is 0. The fraction of sp³-hybridized carbons (Fsp3) is 0.600. The minimum atomic E-state index is -0.619. The van der Waals surface area contributed by atoms with Crippen LogP contribution >= 0.6 is 0 Å². The molecule has 1 atom stereocenters. The molecule has 1 rings (SSSR count). The van der Waals surface area contributed by atoms with Gasteiger partial charge in [-0.25, -0.2) is 4.98 Å². The van der Waals surface area contributed by atoms with Gasteiger partial charge in [0.05, 0.1) is 11.0 Å². The molecule has 3 N–H and O–H groups in total. The van der Waals surface area contributed by atoms with Crippen molar-refractivity contribution >= 4 is 17.5 Å². The molecule has 0 amide bonds. The maximum absolute atomic E-state index is 10.8. The van der Waals surface area contributed by atoms with E-state index in [0.717, 1.165) is 12.6 Å². The van der Waals surface area contributed by atoms with Gasteiger partial charge in [-0.15, -0.1) is 0 Å². The van der Waals surface area contributed by atoms with Gasteiger partial charge in [0.2, 0.25) is 11.8 Å². The molecule has 0 aliphatic carbocycles. The quantitative estimate of drug-likeness (QED) is 0.492. The Balaban J connectivity index is 2.88. The van der Waals surface area contributed by atoms with Crippen LogP contribution in [-0.2, 0) is 0 Å². The van der Waals surface area contributed by atoms with Gasteiger partial charge < -0.3 is 15.7 Å². The number of nitrogens with zero attached hydrogens (tertiary/aromatic N) is 3. The average molecular weight is 255 g/mol. The van der Waals surface area contributed by atoms with Crippen molar-refractivity contribution in [2.75, 3.05) is 23.7 Å². The second-order valence-corrected chi connectivity index (χ2v) is 3.84. The Labute approximate surface area is 105 Å². The lowest BCUT2D eigenvalue weighted by Crippen LogP contribution is -2.17. The van der Waals surface area contributed by atoms with Crippen molar-refractivity contribution in [3.8, 4) is 0 Å². The maximum Gasteiger partial charge on any atom is 0.329 e. The van der Waals surface area contributed by atoms with Gasteiger partial charge >= 0.3 is 5.69 Å². The molecule has 1 heterocycles. The van der Waals surface area contributed by atoms with Crippen LogP contribution in [0, 0.1) is 10.1 Å². The summed E-state index contributed by atoms with van der Waals surface area (Å²) >= 11 is 0. The number of hydrogen-bond donors (Lipinski definition) is 3. The van der Waals surface area contributed by atoms with Gasteiger partial charge in [-0.05, 0) is 13.3 Å². The molecule has 0 aliphatic rings. The number of nitro groups is 1. The van der Waals surface area contributed by atoms with Gasteiger partial charge in [0.15, 0.2) is 0 Å². The fourth-order valence-corrected chi connectivity index (χ4v) is 1.21. The third-order valence-electron chi connectivity index (χ3n) is 2.06. The number of anilines is 2. The molecule has 8 heteroatoms. The molecule has 0 aliphatic heterocycles. The van der Waals surface area contributed by atoms with E-state index in [2.05, 4.69) is 20.6 Å². The molecule has 18 heavy (non-hydrogen) atoms. The van der Waals surface area contributed by atoms with Crippen molar-refractivity contribution in [2.45, 2.75) is 26.4 Å². The Morgan fingerprint density at radius 2 is 2.28 bits per heavy atom. The second kappa shape index (κ2) is 6.70. The van der Waals surface area contributed by atoms with Crippen molar-refractivity contribution in [3.63, 3.8) is 0 Å². The van der Waals surface area contributed by atoms with Crippen LogP contribution in [0.15, 0.2) is 6.20 Å². The number of nitrogens with one attached hydrogen (secondary N) is 2. The topological polar surface area (TPSA) is 113 Å². The lowest BCUT2D eigenvalue weighted by Gasteiger charge is -2.09. The Morgan fingerprint density at radius 1 is 1.56 bits per heavy atom. The summed E-state index contributed by atoms with van der Waals surface area (Å²) in [6.45, 7) is 4.44. The zero-order valence-electron chi connectivity index (χ0n) is 10.4. The molecule has 1 aromatic heterocycles. The molecule has 0 bridgehead atoms. The van der Waals surface area contributed by atoms with Crippen molar-refractivity contribution in [1.29, 1.82) is 0 Å². The van der Waals surface area contributed by atoms with E-state index >= 15 is 0 Å². The van der Waals surface area contributed by atoms with E-state index in [-0.39, 0.29) is 18.1 Å². The Kier molecular flexibility index (Phi) is 5.25. The summed E-state index contributed by atoms with van der Waals surface area (Å²) in [7, 11) is 0. The summed E-state index contributed by atoms with van der Waals surface area (Å²) in [4.78, 5) is 18.1. The molecule has 1 aromatic rings. The van der Waals surface area contributed by atoms with Crippen LogP contribution in [0.5, 0.6) is 0 Å². The van der Waals surface area contributed by atoms with Crippen molar-refractivity contribution in [2.24, 2.45) is 0 Å². The van der Waals surface area contributed by atoms with Gasteiger partial charge in [0.25, 0.3) is 0 Å². The maximum atomic E-state index is 10.8. The van der Waals surface area contributed by atoms with Crippen LogP contribution in [0.4, 0.5) is 17.5 Å². The first-order chi connectivity index (χ1) is 8.54. The average Bonchev–Trinajstić information content (AvgIpc) is 2.33. The minimum Gasteiger partial charge on any atom is -0.392 e. The van der Waals surface area contributed by atoms with E-state index < -0.39 is 11.0 Å². The van der Waals surface area contributed by atoms with Crippen molar-refractivity contribution < 1.29 is 10.0 Å². The highest BCUT2D eigenvalue weighted by Gasteiger charge is 2.17. The van der Waals surface area contributed by atoms with Crippen LogP contribution in [-0.4, -0.2) is 39.2 Å². The summed E-state index contributed by atoms with van der Waals surface area (Å²) in [5.74, 6) is 0.435. The van der Waals surface area contributed by atoms with Crippen LogP contribution in [0.3, 0.4) is 0 Å². The summed E-state index contributed by atoms with van der Waals surface area (Å²) < 4.78 is 0. The smallest absolute Gasteiger partial charge is 0.329 e. The standard InChI is InChI=1S/C10H17N5O3/c1-3-4-11-10-13-6-8(15(17)18)9(14-10)12-5-7(2)16/h6-7,16H,3-5H2,1-2H3,(H2,11,12,13,14). The van der Waals surface area contributed by atoms with Crippen LogP contribution in [0.2, 0.25) is 0 Å². The normalized spacial score (nSPS) is 11.9. The fourth-order valence-electron chi connectivity index (χ4n) is 1.21. The van der Waals surface area contributed by atoms with E-state index in [0.29, 0.717) is 12.5 Å². The molecule has 8 nitrogen and oxygen atoms in total. The number of hydrogen-bond acceptors (Lipinski definition) is 7. The predicted octanol–water partition coefficient (Wildman–Crippen LogP) is 0.999. The lowest BCUT2D eigenvalue weighted by molar-refractivity contribution is -0.384. The SMILES string of the molecule is CCCNc1ncc([N+](=O)[O-])c(NCC(C)O)n1. The predicted molar refractivity (Wildman–Crippen MR) is 67.6 cm³/mol. The summed E-state index contributed by atoms with van der Waals surface area (Å²) in [5, 5.41) is 25.6. The van der Waals surface area contributed by atoms with Crippen LogP contribution < -0.4 is 10.6 Å². The zero-order chi connectivity index (χ0) is 13.5. The Morgan fingerprint density at radius 3 is 2.83 bits per heavy atom. The van der Waals surface area contributed by atoms with Gasteiger partial charge in [0, 0.05) is 13.1 Å². The number of aromatic nitrogens is 2. The number of aliphatic hydroxyl groups is 1. The minimum absolute atomic E-state index is 0.106. The first kappa shape index (κ1) is 14.1. The first-order valence-corrected chi connectivity index (χ1v) is 5.71. The molecule has 0 aromatic carbocycles. The van der Waals surface area contributed by atoms with Crippen molar-refractivity contribution in [3.05, 3.63) is 16.3 Å². The molecule has 0 spiro atoms. The number of aliphatic hydroxyl groups excluding tert-OH is 1. The monoisotopic (exact) mass is 255 g/mol. The second-order valence-electron chi connectivity index (χ2n) is 3.84. The van der Waals surface area contributed by atoms with E-state index in [4.69, 9.17) is 5.11 Å². The van der Waals surface area contributed by atoms with Gasteiger partial charge in [-0.3, -0.25) is 10.1 Å². The van der Waals surface area contributed by atoms with Crippen LogP contribution in [0.25, 0.3) is 0 Å². The molecule has 0 fully saturated rings. The first-order valence-electron chi connectivity index (χ1n) is 5.71. The van der Waals surface area contributed by atoms with Crippen molar-refractivity contribution in [1.82, 2.24) is 9.97 Å². The highest BCUT2D eigenvalue weighted by molar-refractivity contribution is 5.56. The number of rotatable bonds is 7. The summed E-state index contributed by atoms with van der Waals surface area (Å²) in [6.07, 6.45) is 1.43. The van der Waals surface area contributed by atoms with Gasteiger partial charge in [0.1, 0.15) is 6.20 Å². The zero-order valence-corrected chi connectivity index (χ0v) is 10.4. The third kappa shape index (κ3) is 4.13. The van der Waals surface area contributed by atoms with Gasteiger partial charge in [-0.1, -0.05) is 6.92 Å². The summed E-state index contributed by atoms with van der Waals surface area (Å²) in [5.41, 5.74) is -0.210. The molecule has 0 saturated heterocycles. The van der Waals surface area contributed by atoms with E-state index in [9.17, 15) is 10.1 Å². The van der Waals surface area contributed by atoms with Gasteiger partial charge in [-0.2, -0.15) is 4.98 Å². The third-order valence-corrected chi connectivity index (χ3v) is 2.06. The highest BCUT2D eigenvalue weighted by atomic mass is 16.6. The molecule has 0 radical (unpaired) electrons. The molecular weight excluding hydrogens is 238 g/mol. The Hall–Kier alpha value is -1.96. The largest absolute Gasteiger partial charge is 0.392 e. The van der Waals surface area contributed by atoms with E-state index in [1.165, 1.54) is 0 Å².